The number of hydrogen-bond acceptors (Lipinski definition) is 3. The Morgan fingerprint density at radius 1 is 1.21 bits per heavy atom. The third kappa shape index (κ3) is 3.37. The lowest BCUT2D eigenvalue weighted by molar-refractivity contribution is 0.962. The molecule has 1 aromatic heterocycles. The van der Waals surface area contributed by atoms with E-state index in [2.05, 4.69) is 22.2 Å². The summed E-state index contributed by atoms with van der Waals surface area (Å²) in [5, 5.41) is 4.24. The van der Waals surface area contributed by atoms with E-state index in [4.69, 9.17) is 23.2 Å². The Balaban J connectivity index is 2.44. The molecular weight excluding hydrogens is 281 g/mol. The normalized spacial score (nSPS) is 10.5. The maximum atomic E-state index is 6.20. The SMILES string of the molecule is CCCNc1cc(C)nc(-c2cccc(Cl)c2Cl)n1. The van der Waals surface area contributed by atoms with Gasteiger partial charge in [0.25, 0.3) is 0 Å². The lowest BCUT2D eigenvalue weighted by Crippen LogP contribution is -2.04. The maximum Gasteiger partial charge on any atom is 0.163 e. The van der Waals surface area contributed by atoms with Crippen LogP contribution >= 0.6 is 23.2 Å². The molecule has 1 heterocycles. The van der Waals surface area contributed by atoms with Gasteiger partial charge in [0, 0.05) is 23.9 Å². The second-order valence-corrected chi connectivity index (χ2v) is 5.03. The Hall–Kier alpha value is -1.32. The Labute approximate surface area is 123 Å². The minimum absolute atomic E-state index is 0.483. The number of aryl methyl sites for hydroxylation is 1. The first-order valence-electron chi connectivity index (χ1n) is 6.15. The molecule has 0 amide bonds. The van der Waals surface area contributed by atoms with Gasteiger partial charge in [-0.25, -0.2) is 9.97 Å². The van der Waals surface area contributed by atoms with Crippen molar-refractivity contribution in [2.45, 2.75) is 20.3 Å². The van der Waals surface area contributed by atoms with Crippen LogP contribution in [-0.2, 0) is 0 Å². The van der Waals surface area contributed by atoms with Crippen LogP contribution in [0.15, 0.2) is 24.3 Å². The molecule has 0 saturated heterocycles. The molecule has 0 spiro atoms. The topological polar surface area (TPSA) is 37.8 Å². The summed E-state index contributed by atoms with van der Waals surface area (Å²) < 4.78 is 0. The molecule has 2 aromatic rings. The average Bonchev–Trinajstić information content (AvgIpc) is 2.39. The van der Waals surface area contributed by atoms with Gasteiger partial charge in [0.05, 0.1) is 10.0 Å². The molecule has 19 heavy (non-hydrogen) atoms. The average molecular weight is 296 g/mol. The van der Waals surface area contributed by atoms with Gasteiger partial charge in [0.1, 0.15) is 5.82 Å². The molecule has 1 aromatic carbocycles. The number of aromatic nitrogens is 2. The van der Waals surface area contributed by atoms with Crippen LogP contribution in [0.1, 0.15) is 19.0 Å². The summed E-state index contributed by atoms with van der Waals surface area (Å²) in [6.45, 7) is 4.91. The summed E-state index contributed by atoms with van der Waals surface area (Å²) in [5.41, 5.74) is 1.64. The highest BCUT2D eigenvalue weighted by molar-refractivity contribution is 6.43. The third-order valence-electron chi connectivity index (χ3n) is 2.60. The number of benzene rings is 1. The summed E-state index contributed by atoms with van der Waals surface area (Å²) in [4.78, 5) is 8.90. The number of nitrogens with zero attached hydrogens (tertiary/aromatic N) is 2. The molecule has 3 nitrogen and oxygen atoms in total. The van der Waals surface area contributed by atoms with E-state index in [-0.39, 0.29) is 0 Å². The standard InChI is InChI=1S/C14H15Cl2N3/c1-3-7-17-12-8-9(2)18-14(19-12)10-5-4-6-11(15)13(10)16/h4-6,8H,3,7H2,1-2H3,(H,17,18,19). The molecule has 0 aliphatic heterocycles. The number of rotatable bonds is 4. The highest BCUT2D eigenvalue weighted by atomic mass is 35.5. The maximum absolute atomic E-state index is 6.20. The molecular formula is C14H15Cl2N3. The van der Waals surface area contributed by atoms with Gasteiger partial charge in [0.2, 0.25) is 0 Å². The van der Waals surface area contributed by atoms with E-state index < -0.39 is 0 Å². The van der Waals surface area contributed by atoms with E-state index in [1.54, 1.807) is 6.07 Å². The van der Waals surface area contributed by atoms with E-state index in [1.807, 2.05) is 25.1 Å². The van der Waals surface area contributed by atoms with Gasteiger partial charge in [-0.3, -0.25) is 0 Å². The molecule has 0 radical (unpaired) electrons. The summed E-state index contributed by atoms with van der Waals surface area (Å²) in [5.74, 6) is 1.39. The van der Waals surface area contributed by atoms with Crippen LogP contribution < -0.4 is 5.32 Å². The Bertz CT molecular complexity index is 585. The first-order valence-corrected chi connectivity index (χ1v) is 6.91. The fraction of sp³-hybridized carbons (Fsp3) is 0.286. The van der Waals surface area contributed by atoms with Crippen molar-refractivity contribution in [2.75, 3.05) is 11.9 Å². The van der Waals surface area contributed by atoms with Gasteiger partial charge in [-0.15, -0.1) is 0 Å². The Morgan fingerprint density at radius 2 is 2.00 bits per heavy atom. The van der Waals surface area contributed by atoms with E-state index in [0.717, 1.165) is 30.0 Å². The molecule has 100 valence electrons. The Morgan fingerprint density at radius 3 is 2.74 bits per heavy atom. The van der Waals surface area contributed by atoms with Gasteiger partial charge in [-0.05, 0) is 25.5 Å². The molecule has 0 bridgehead atoms. The van der Waals surface area contributed by atoms with E-state index in [1.165, 1.54) is 0 Å². The molecule has 0 unspecified atom stereocenters. The highest BCUT2D eigenvalue weighted by Gasteiger charge is 2.11. The van der Waals surface area contributed by atoms with Gasteiger partial charge < -0.3 is 5.32 Å². The lowest BCUT2D eigenvalue weighted by atomic mass is 10.2. The fourth-order valence-electron chi connectivity index (χ4n) is 1.71. The molecule has 0 saturated carbocycles. The van der Waals surface area contributed by atoms with Crippen molar-refractivity contribution in [1.82, 2.24) is 9.97 Å². The van der Waals surface area contributed by atoms with Crippen molar-refractivity contribution in [2.24, 2.45) is 0 Å². The Kier molecular flexibility index (Phi) is 4.61. The van der Waals surface area contributed by atoms with Crippen molar-refractivity contribution in [3.63, 3.8) is 0 Å². The number of anilines is 1. The molecule has 2 rings (SSSR count). The summed E-state index contributed by atoms with van der Waals surface area (Å²) >= 11 is 12.2. The van der Waals surface area contributed by atoms with Gasteiger partial charge in [0.15, 0.2) is 5.82 Å². The van der Waals surface area contributed by atoms with Crippen molar-refractivity contribution >= 4 is 29.0 Å². The molecule has 0 atom stereocenters. The molecule has 0 aliphatic carbocycles. The zero-order chi connectivity index (χ0) is 13.8. The van der Waals surface area contributed by atoms with Crippen molar-refractivity contribution in [1.29, 1.82) is 0 Å². The van der Waals surface area contributed by atoms with Crippen LogP contribution in [0.5, 0.6) is 0 Å². The minimum Gasteiger partial charge on any atom is -0.370 e. The zero-order valence-electron chi connectivity index (χ0n) is 10.9. The van der Waals surface area contributed by atoms with Gasteiger partial charge in [-0.2, -0.15) is 0 Å². The van der Waals surface area contributed by atoms with Crippen LogP contribution in [-0.4, -0.2) is 16.5 Å². The molecule has 0 aliphatic rings. The predicted molar refractivity (Wildman–Crippen MR) is 81.0 cm³/mol. The predicted octanol–water partition coefficient (Wildman–Crippen LogP) is 4.58. The van der Waals surface area contributed by atoms with Crippen LogP contribution in [0, 0.1) is 6.92 Å². The van der Waals surface area contributed by atoms with Crippen LogP contribution in [0.4, 0.5) is 5.82 Å². The van der Waals surface area contributed by atoms with E-state index in [0.29, 0.717) is 15.9 Å². The van der Waals surface area contributed by atoms with Crippen molar-refractivity contribution < 1.29 is 0 Å². The van der Waals surface area contributed by atoms with E-state index in [9.17, 15) is 0 Å². The largest absolute Gasteiger partial charge is 0.370 e. The quantitative estimate of drug-likeness (QED) is 0.897. The number of hydrogen-bond donors (Lipinski definition) is 1. The minimum atomic E-state index is 0.483. The van der Waals surface area contributed by atoms with Crippen LogP contribution in [0.25, 0.3) is 11.4 Å². The monoisotopic (exact) mass is 295 g/mol. The van der Waals surface area contributed by atoms with Crippen LogP contribution in [0.2, 0.25) is 10.0 Å². The third-order valence-corrected chi connectivity index (χ3v) is 3.42. The smallest absolute Gasteiger partial charge is 0.163 e. The first-order chi connectivity index (χ1) is 9.11. The molecule has 0 fully saturated rings. The van der Waals surface area contributed by atoms with Gasteiger partial charge >= 0.3 is 0 Å². The fourth-order valence-corrected chi connectivity index (χ4v) is 2.09. The first kappa shape index (κ1) is 14.1. The second-order valence-electron chi connectivity index (χ2n) is 4.25. The van der Waals surface area contributed by atoms with E-state index >= 15 is 0 Å². The summed E-state index contributed by atoms with van der Waals surface area (Å²) in [6.07, 6.45) is 1.04. The van der Waals surface area contributed by atoms with Crippen LogP contribution in [0.3, 0.4) is 0 Å². The molecule has 5 heteroatoms. The second kappa shape index (κ2) is 6.22. The highest BCUT2D eigenvalue weighted by Crippen LogP contribution is 2.32. The zero-order valence-corrected chi connectivity index (χ0v) is 12.4. The van der Waals surface area contributed by atoms with Crippen molar-refractivity contribution in [3.8, 4) is 11.4 Å². The summed E-state index contributed by atoms with van der Waals surface area (Å²) in [7, 11) is 0. The van der Waals surface area contributed by atoms with Crippen molar-refractivity contribution in [3.05, 3.63) is 40.0 Å². The number of halogens is 2. The van der Waals surface area contributed by atoms with Gasteiger partial charge in [-0.1, -0.05) is 36.2 Å². The number of nitrogens with one attached hydrogen (secondary N) is 1. The molecule has 1 N–H and O–H groups in total. The lowest BCUT2D eigenvalue weighted by Gasteiger charge is -2.09. The summed E-state index contributed by atoms with van der Waals surface area (Å²) in [6, 6.07) is 7.37.